The van der Waals surface area contributed by atoms with Gasteiger partial charge in [0.1, 0.15) is 0 Å². The highest BCUT2D eigenvalue weighted by atomic mass is 32.1. The second kappa shape index (κ2) is 4.44. The average molecular weight is 279 g/mol. The number of imidazole rings is 1. The molecule has 0 amide bonds. The molecule has 2 aromatic heterocycles. The van der Waals surface area contributed by atoms with Crippen molar-refractivity contribution in [2.75, 3.05) is 0 Å². The molecule has 4 rings (SSSR count). The Bertz CT molecular complexity index is 890. The normalized spacial score (nSPS) is 11.4. The van der Waals surface area contributed by atoms with Crippen LogP contribution in [0.3, 0.4) is 0 Å². The molecule has 2 heterocycles. The van der Waals surface area contributed by atoms with Crippen LogP contribution in [0.1, 0.15) is 5.56 Å². The number of nitrogens with two attached hydrogens (primary N) is 1. The van der Waals surface area contributed by atoms with E-state index in [0.717, 1.165) is 21.8 Å². The Balaban J connectivity index is 1.93. The molecule has 0 atom stereocenters. The Morgan fingerprint density at radius 3 is 2.75 bits per heavy atom. The van der Waals surface area contributed by atoms with Gasteiger partial charge in [-0.05, 0) is 17.7 Å². The van der Waals surface area contributed by atoms with Crippen LogP contribution in [0.5, 0.6) is 0 Å². The van der Waals surface area contributed by atoms with Gasteiger partial charge in [0.05, 0.1) is 15.9 Å². The third kappa shape index (κ3) is 1.73. The van der Waals surface area contributed by atoms with Crippen molar-refractivity contribution in [2.45, 2.75) is 6.54 Å². The largest absolute Gasteiger partial charge is 0.326 e. The summed E-state index contributed by atoms with van der Waals surface area (Å²) < 4.78 is 3.39. The highest BCUT2D eigenvalue weighted by Gasteiger charge is 2.10. The monoisotopic (exact) mass is 279 g/mol. The van der Waals surface area contributed by atoms with Crippen molar-refractivity contribution >= 4 is 26.5 Å². The van der Waals surface area contributed by atoms with E-state index in [2.05, 4.69) is 40.9 Å². The van der Waals surface area contributed by atoms with E-state index >= 15 is 0 Å². The van der Waals surface area contributed by atoms with E-state index in [4.69, 9.17) is 10.7 Å². The number of rotatable bonds is 2. The first-order chi connectivity index (χ1) is 9.85. The molecule has 2 N–H and O–H groups in total. The van der Waals surface area contributed by atoms with Gasteiger partial charge in [-0.15, -0.1) is 0 Å². The molecule has 0 saturated heterocycles. The Labute approximate surface area is 120 Å². The van der Waals surface area contributed by atoms with Crippen LogP contribution in [0.4, 0.5) is 0 Å². The zero-order chi connectivity index (χ0) is 13.5. The van der Waals surface area contributed by atoms with Crippen molar-refractivity contribution in [1.29, 1.82) is 0 Å². The van der Waals surface area contributed by atoms with Gasteiger partial charge < -0.3 is 5.73 Å². The van der Waals surface area contributed by atoms with Crippen molar-refractivity contribution in [3.8, 4) is 11.3 Å². The fraction of sp³-hybridized carbons (Fsp3) is 0.0625. The van der Waals surface area contributed by atoms with E-state index < -0.39 is 0 Å². The van der Waals surface area contributed by atoms with Crippen molar-refractivity contribution in [1.82, 2.24) is 9.38 Å². The predicted octanol–water partition coefficient (Wildman–Crippen LogP) is 3.67. The molecule has 20 heavy (non-hydrogen) atoms. The van der Waals surface area contributed by atoms with Gasteiger partial charge in [-0.1, -0.05) is 47.7 Å². The van der Waals surface area contributed by atoms with E-state index in [1.54, 1.807) is 11.3 Å². The molecule has 98 valence electrons. The Kier molecular flexibility index (Phi) is 2.58. The smallest absolute Gasteiger partial charge is 0.195 e. The van der Waals surface area contributed by atoms with Crippen LogP contribution in [0.25, 0.3) is 26.4 Å². The van der Waals surface area contributed by atoms with E-state index in [9.17, 15) is 0 Å². The molecule has 0 saturated carbocycles. The van der Waals surface area contributed by atoms with Crippen LogP contribution < -0.4 is 5.73 Å². The molecule has 0 fully saturated rings. The number of hydrogen-bond donors (Lipinski definition) is 1. The SMILES string of the molecule is NCc1ccc2c(c1)sc1nc(-c3ccccc3)cn12. The first-order valence-electron chi connectivity index (χ1n) is 6.51. The second-order valence-corrected chi connectivity index (χ2v) is 5.76. The molecule has 2 aromatic carbocycles. The van der Waals surface area contributed by atoms with E-state index in [1.165, 1.54) is 10.2 Å². The molecule has 0 aliphatic heterocycles. The summed E-state index contributed by atoms with van der Waals surface area (Å²) in [5.41, 5.74) is 10.2. The van der Waals surface area contributed by atoms with Gasteiger partial charge in [-0.2, -0.15) is 0 Å². The number of aromatic nitrogens is 2. The first-order valence-corrected chi connectivity index (χ1v) is 7.33. The molecule has 4 aromatic rings. The van der Waals surface area contributed by atoms with Gasteiger partial charge in [0.25, 0.3) is 0 Å². The maximum atomic E-state index is 5.69. The van der Waals surface area contributed by atoms with Crippen LogP contribution in [0, 0.1) is 0 Å². The Morgan fingerprint density at radius 2 is 1.95 bits per heavy atom. The second-order valence-electron chi connectivity index (χ2n) is 4.75. The number of hydrogen-bond acceptors (Lipinski definition) is 3. The predicted molar refractivity (Wildman–Crippen MR) is 83.9 cm³/mol. The van der Waals surface area contributed by atoms with Crippen LogP contribution in [0.15, 0.2) is 54.7 Å². The number of fused-ring (bicyclic) bond motifs is 3. The maximum absolute atomic E-state index is 5.69. The zero-order valence-electron chi connectivity index (χ0n) is 10.8. The lowest BCUT2D eigenvalue weighted by atomic mass is 10.2. The lowest BCUT2D eigenvalue weighted by Crippen LogP contribution is -1.94. The van der Waals surface area contributed by atoms with Gasteiger partial charge in [0.15, 0.2) is 4.96 Å². The first kappa shape index (κ1) is 11.6. The topological polar surface area (TPSA) is 43.3 Å². The highest BCUT2D eigenvalue weighted by molar-refractivity contribution is 7.23. The van der Waals surface area contributed by atoms with Crippen molar-refractivity contribution in [3.63, 3.8) is 0 Å². The van der Waals surface area contributed by atoms with E-state index in [-0.39, 0.29) is 0 Å². The quantitative estimate of drug-likeness (QED) is 0.608. The fourth-order valence-electron chi connectivity index (χ4n) is 2.42. The van der Waals surface area contributed by atoms with Crippen LogP contribution in [-0.2, 0) is 6.54 Å². The third-order valence-corrected chi connectivity index (χ3v) is 4.48. The summed E-state index contributed by atoms with van der Waals surface area (Å²) in [5.74, 6) is 0. The zero-order valence-corrected chi connectivity index (χ0v) is 11.6. The molecule has 3 nitrogen and oxygen atoms in total. The summed E-state index contributed by atoms with van der Waals surface area (Å²) >= 11 is 1.70. The number of benzene rings is 2. The van der Waals surface area contributed by atoms with Gasteiger partial charge in [-0.25, -0.2) is 4.98 Å². The Hall–Kier alpha value is -2.17. The lowest BCUT2D eigenvalue weighted by molar-refractivity contribution is 1.08. The standard InChI is InChI=1S/C16H13N3S/c17-9-11-6-7-14-15(8-11)20-16-18-13(10-19(14)16)12-4-2-1-3-5-12/h1-8,10H,9,17H2. The summed E-state index contributed by atoms with van der Waals surface area (Å²) in [6, 6.07) is 16.6. The summed E-state index contributed by atoms with van der Waals surface area (Å²) in [7, 11) is 0. The van der Waals surface area contributed by atoms with E-state index in [0.29, 0.717) is 6.54 Å². The van der Waals surface area contributed by atoms with Gasteiger partial charge in [0, 0.05) is 18.3 Å². The number of thiazole rings is 1. The molecule has 4 heteroatoms. The summed E-state index contributed by atoms with van der Waals surface area (Å²) in [6.07, 6.45) is 2.10. The van der Waals surface area contributed by atoms with Crippen LogP contribution in [-0.4, -0.2) is 9.38 Å². The molecule has 0 unspecified atom stereocenters. The number of nitrogens with zero attached hydrogens (tertiary/aromatic N) is 2. The summed E-state index contributed by atoms with van der Waals surface area (Å²) in [4.78, 5) is 5.75. The minimum Gasteiger partial charge on any atom is -0.326 e. The molecular formula is C16H13N3S. The summed E-state index contributed by atoms with van der Waals surface area (Å²) in [5, 5.41) is 0. The summed E-state index contributed by atoms with van der Waals surface area (Å²) in [6.45, 7) is 0.575. The maximum Gasteiger partial charge on any atom is 0.195 e. The highest BCUT2D eigenvalue weighted by Crippen LogP contribution is 2.29. The minimum absolute atomic E-state index is 0.575. The molecule has 0 bridgehead atoms. The molecule has 0 aliphatic rings. The molecular weight excluding hydrogens is 266 g/mol. The molecule has 0 spiro atoms. The average Bonchev–Trinajstić information content (AvgIpc) is 3.05. The van der Waals surface area contributed by atoms with Crippen LogP contribution >= 0.6 is 11.3 Å². The third-order valence-electron chi connectivity index (χ3n) is 3.46. The Morgan fingerprint density at radius 1 is 1.10 bits per heavy atom. The molecule has 0 radical (unpaired) electrons. The van der Waals surface area contributed by atoms with Crippen molar-refractivity contribution < 1.29 is 0 Å². The molecule has 0 aliphatic carbocycles. The fourth-order valence-corrected chi connectivity index (χ4v) is 3.49. The van der Waals surface area contributed by atoms with E-state index in [1.807, 2.05) is 18.2 Å². The van der Waals surface area contributed by atoms with Crippen molar-refractivity contribution in [3.05, 3.63) is 60.3 Å². The van der Waals surface area contributed by atoms with Gasteiger partial charge in [-0.3, -0.25) is 4.40 Å². The lowest BCUT2D eigenvalue weighted by Gasteiger charge is -1.97. The van der Waals surface area contributed by atoms with Crippen molar-refractivity contribution in [2.24, 2.45) is 5.73 Å². The van der Waals surface area contributed by atoms with Crippen LogP contribution in [0.2, 0.25) is 0 Å². The minimum atomic E-state index is 0.575. The van der Waals surface area contributed by atoms with Gasteiger partial charge in [0.2, 0.25) is 0 Å². The van der Waals surface area contributed by atoms with Gasteiger partial charge >= 0.3 is 0 Å².